The molecular weight excluding hydrogens is 554 g/mol. The molecule has 2 N–H and O–H groups in total. The first-order valence-electron chi connectivity index (χ1n) is 10.3. The second-order valence-corrected chi connectivity index (χ2v) is 10.8. The average molecular weight is 573 g/mol. The van der Waals surface area contributed by atoms with E-state index in [-0.39, 0.29) is 81.3 Å². The summed E-state index contributed by atoms with van der Waals surface area (Å²) in [6, 6.07) is 14.0. The van der Waals surface area contributed by atoms with E-state index in [0.29, 0.717) is 22.9 Å². The summed E-state index contributed by atoms with van der Waals surface area (Å²) in [6.07, 6.45) is 0. The molecule has 4 rings (SSSR count). The molecule has 0 saturated carbocycles. The van der Waals surface area contributed by atoms with Crippen LogP contribution in [0.1, 0.15) is 11.1 Å². The summed E-state index contributed by atoms with van der Waals surface area (Å²) in [5.41, 5.74) is 3.08. The van der Waals surface area contributed by atoms with E-state index in [1.54, 1.807) is 38.1 Å². The number of hydrogen-bond acceptors (Lipinski definition) is 10. The van der Waals surface area contributed by atoms with Gasteiger partial charge in [-0.1, -0.05) is 18.2 Å². The van der Waals surface area contributed by atoms with Gasteiger partial charge in [0.05, 0.1) is 15.5 Å². The Morgan fingerprint density at radius 1 is 0.684 bits per heavy atom. The number of rotatable bonds is 5. The number of fused-ring (bicyclic) bond motifs is 1. The maximum absolute atomic E-state index is 11.9. The van der Waals surface area contributed by atoms with Crippen molar-refractivity contribution in [3.8, 4) is 22.6 Å². The number of phenolic OH excluding ortho intramolecular Hbond substituents is 2. The molecule has 4 aromatic carbocycles. The van der Waals surface area contributed by atoms with Crippen LogP contribution in [0.25, 0.3) is 21.9 Å². The smallest absolute Gasteiger partial charge is 0.744 e. The fraction of sp³-hybridized carbons (Fsp3) is 0.0833. The van der Waals surface area contributed by atoms with Crippen LogP contribution in [0.15, 0.2) is 80.7 Å². The molecule has 0 heterocycles. The molecule has 0 saturated heterocycles. The van der Waals surface area contributed by atoms with Gasteiger partial charge in [0.25, 0.3) is 0 Å². The summed E-state index contributed by atoms with van der Waals surface area (Å²) in [5.74, 6) is -0.335. The Labute approximate surface area is 263 Å². The molecule has 10 nitrogen and oxygen atoms in total. The van der Waals surface area contributed by atoms with Crippen LogP contribution < -0.4 is 59.1 Å². The van der Waals surface area contributed by atoms with Crippen molar-refractivity contribution in [2.45, 2.75) is 23.6 Å². The van der Waals surface area contributed by atoms with Gasteiger partial charge in [0.1, 0.15) is 37.4 Å². The van der Waals surface area contributed by atoms with E-state index < -0.39 is 35.8 Å². The second-order valence-electron chi connectivity index (χ2n) is 8.06. The second kappa shape index (κ2) is 12.1. The molecule has 38 heavy (non-hydrogen) atoms. The molecule has 0 aliphatic carbocycles. The fourth-order valence-corrected chi connectivity index (χ4v) is 5.04. The van der Waals surface area contributed by atoms with Gasteiger partial charge < -0.3 is 19.3 Å². The number of benzene rings is 4. The number of phenols is 2. The van der Waals surface area contributed by atoms with E-state index in [1.165, 1.54) is 0 Å². The molecule has 0 aliphatic rings. The van der Waals surface area contributed by atoms with Gasteiger partial charge in [-0.2, -0.15) is 5.11 Å². The van der Waals surface area contributed by atoms with E-state index in [0.717, 1.165) is 29.3 Å². The van der Waals surface area contributed by atoms with Crippen LogP contribution >= 0.6 is 0 Å². The summed E-state index contributed by atoms with van der Waals surface area (Å²) >= 11 is 0. The van der Waals surface area contributed by atoms with Crippen LogP contribution in [0.3, 0.4) is 0 Å². The van der Waals surface area contributed by atoms with Gasteiger partial charge in [0.15, 0.2) is 0 Å². The van der Waals surface area contributed by atoms with Crippen molar-refractivity contribution in [2.24, 2.45) is 10.2 Å². The Balaban J connectivity index is 0.00000253. The SMILES string of the molecule is Cc1cc(-c2ccc(N=Nc3c(O)ccc4cc(S(=O)(=O)[O-])cc(S(=O)(=O)[O-])c34)c(C)c2)ccc1O.[Na+].[Na+]. The van der Waals surface area contributed by atoms with Crippen molar-refractivity contribution in [1.29, 1.82) is 0 Å². The minimum Gasteiger partial charge on any atom is -0.744 e. The normalized spacial score (nSPS) is 11.8. The number of nitrogens with zero attached hydrogens (tertiary/aromatic N) is 2. The van der Waals surface area contributed by atoms with Crippen LogP contribution in [0.2, 0.25) is 0 Å². The van der Waals surface area contributed by atoms with Crippen LogP contribution in [0.5, 0.6) is 11.5 Å². The summed E-state index contributed by atoms with van der Waals surface area (Å²) in [5, 5.41) is 27.7. The van der Waals surface area contributed by atoms with Gasteiger partial charge in [0, 0.05) is 5.39 Å². The van der Waals surface area contributed by atoms with E-state index in [9.17, 15) is 36.2 Å². The molecule has 0 unspecified atom stereocenters. The van der Waals surface area contributed by atoms with Crippen LogP contribution in [-0.4, -0.2) is 36.2 Å². The van der Waals surface area contributed by atoms with Gasteiger partial charge in [-0.25, -0.2) is 16.8 Å². The predicted octanol–water partition coefficient (Wildman–Crippen LogP) is -1.23. The third-order valence-corrected chi connectivity index (χ3v) is 7.22. The van der Waals surface area contributed by atoms with Crippen molar-refractivity contribution < 1.29 is 95.3 Å². The molecular formula is C24H18N2Na2O8S2. The van der Waals surface area contributed by atoms with E-state index in [4.69, 9.17) is 0 Å². The summed E-state index contributed by atoms with van der Waals surface area (Å²) in [4.78, 5) is -1.93. The third-order valence-electron chi connectivity index (χ3n) is 5.55. The van der Waals surface area contributed by atoms with E-state index in [1.807, 2.05) is 12.1 Å². The minimum absolute atomic E-state index is 0. The zero-order valence-corrected chi connectivity index (χ0v) is 26.5. The summed E-state index contributed by atoms with van der Waals surface area (Å²) < 4.78 is 70.1. The molecule has 0 atom stereocenters. The van der Waals surface area contributed by atoms with Gasteiger partial charge in [-0.05, 0) is 84.0 Å². The van der Waals surface area contributed by atoms with Crippen molar-refractivity contribution in [2.75, 3.05) is 0 Å². The van der Waals surface area contributed by atoms with Crippen LogP contribution in [-0.2, 0) is 20.2 Å². The molecule has 0 amide bonds. The molecule has 0 aromatic heterocycles. The molecule has 0 radical (unpaired) electrons. The minimum atomic E-state index is -5.27. The maximum Gasteiger partial charge on any atom is 1.00 e. The largest absolute Gasteiger partial charge is 1.00 e. The van der Waals surface area contributed by atoms with Crippen molar-refractivity contribution in [1.82, 2.24) is 0 Å². The summed E-state index contributed by atoms with van der Waals surface area (Å²) in [6.45, 7) is 3.53. The molecule has 0 spiro atoms. The monoisotopic (exact) mass is 572 g/mol. The van der Waals surface area contributed by atoms with E-state index in [2.05, 4.69) is 10.2 Å². The standard InChI is InChI=1S/C24H20N2O8S2.2Na/c1-13-9-15(16-4-7-20(27)14(2)10-16)3-6-19(13)25-26-24-21(28)8-5-17-11-18(35(29,30)31)12-22(23(17)24)36(32,33)34;;/h3-12,27-28H,1-2H3,(H,29,30,31)(H,32,33,34);;/q;2*+1/p-2. The first kappa shape index (κ1) is 32.4. The Kier molecular flexibility index (Phi) is 10.3. The Morgan fingerprint density at radius 3 is 1.82 bits per heavy atom. The van der Waals surface area contributed by atoms with E-state index >= 15 is 0 Å². The Morgan fingerprint density at radius 2 is 1.26 bits per heavy atom. The van der Waals surface area contributed by atoms with Gasteiger partial charge >= 0.3 is 59.1 Å². The van der Waals surface area contributed by atoms with Gasteiger partial charge in [-0.3, -0.25) is 0 Å². The van der Waals surface area contributed by atoms with Crippen molar-refractivity contribution in [3.63, 3.8) is 0 Å². The van der Waals surface area contributed by atoms with Gasteiger partial charge in [-0.15, -0.1) is 5.11 Å². The number of aromatic hydroxyl groups is 2. The first-order chi connectivity index (χ1) is 16.8. The summed E-state index contributed by atoms with van der Waals surface area (Å²) in [7, 11) is -10.3. The first-order valence-corrected chi connectivity index (χ1v) is 13.1. The number of azo groups is 1. The molecule has 4 aromatic rings. The molecule has 0 aliphatic heterocycles. The van der Waals surface area contributed by atoms with Gasteiger partial charge in [0.2, 0.25) is 0 Å². The topological polar surface area (TPSA) is 180 Å². The number of aryl methyl sites for hydroxylation is 2. The van der Waals surface area contributed by atoms with Crippen LogP contribution in [0, 0.1) is 13.8 Å². The zero-order chi connectivity index (χ0) is 26.4. The Bertz CT molecular complexity index is 1790. The number of hydrogen-bond donors (Lipinski definition) is 2. The predicted molar refractivity (Wildman–Crippen MR) is 129 cm³/mol. The van der Waals surface area contributed by atoms with Crippen molar-refractivity contribution >= 4 is 42.4 Å². The van der Waals surface area contributed by atoms with Crippen molar-refractivity contribution in [3.05, 3.63) is 71.8 Å². The molecule has 186 valence electrons. The average Bonchev–Trinajstić information content (AvgIpc) is 2.79. The molecule has 0 bridgehead atoms. The third kappa shape index (κ3) is 6.83. The fourth-order valence-electron chi connectivity index (χ4n) is 3.70. The maximum atomic E-state index is 11.9. The molecule has 0 fully saturated rings. The quantitative estimate of drug-likeness (QED) is 0.169. The zero-order valence-electron chi connectivity index (χ0n) is 20.8. The van der Waals surface area contributed by atoms with Crippen LogP contribution in [0.4, 0.5) is 11.4 Å². The Hall–Kier alpha value is -1.84. The molecule has 14 heteroatoms.